The van der Waals surface area contributed by atoms with Crippen molar-refractivity contribution in [2.45, 2.75) is 38.2 Å². The summed E-state index contributed by atoms with van der Waals surface area (Å²) in [5, 5.41) is 2.97. The summed E-state index contributed by atoms with van der Waals surface area (Å²) in [6.07, 6.45) is 5.29. The first kappa shape index (κ1) is 11.7. The summed E-state index contributed by atoms with van der Waals surface area (Å²) in [5.41, 5.74) is 2.43. The van der Waals surface area contributed by atoms with Crippen LogP contribution in [-0.2, 0) is 6.61 Å². The van der Waals surface area contributed by atoms with E-state index in [0.29, 0.717) is 12.5 Å². The molecule has 1 heterocycles. The van der Waals surface area contributed by atoms with Gasteiger partial charge in [0, 0.05) is 11.3 Å². The molecule has 2 nitrogen and oxygen atoms in total. The molecule has 3 heteroatoms. The molecule has 0 bridgehead atoms. The number of hydrogen-bond acceptors (Lipinski definition) is 3. The Morgan fingerprint density at radius 1 is 1.17 bits per heavy atom. The zero-order valence-electron chi connectivity index (χ0n) is 10.3. The maximum absolute atomic E-state index is 5.74. The summed E-state index contributed by atoms with van der Waals surface area (Å²) < 4.78 is 5.74. The second kappa shape index (κ2) is 5.53. The molecular weight excluding hydrogens is 242 g/mol. The summed E-state index contributed by atoms with van der Waals surface area (Å²) >= 11 is 1.62. The maximum Gasteiger partial charge on any atom is 0.273 e. The first-order valence-electron chi connectivity index (χ1n) is 6.54. The lowest BCUT2D eigenvalue weighted by Crippen LogP contribution is -1.96. The van der Waals surface area contributed by atoms with Crippen LogP contribution in [0.4, 0.5) is 0 Å². The van der Waals surface area contributed by atoms with Crippen molar-refractivity contribution < 1.29 is 4.74 Å². The van der Waals surface area contributed by atoms with Crippen LogP contribution in [0.5, 0.6) is 5.19 Å². The number of benzene rings is 1. The minimum atomic E-state index is 0.610. The molecule has 0 aliphatic heterocycles. The van der Waals surface area contributed by atoms with Crippen molar-refractivity contribution in [3.8, 4) is 5.19 Å². The van der Waals surface area contributed by atoms with Crippen LogP contribution in [0.1, 0.15) is 42.9 Å². The summed E-state index contributed by atoms with van der Waals surface area (Å²) in [5.74, 6) is 0.676. The van der Waals surface area contributed by atoms with Crippen LogP contribution in [0.3, 0.4) is 0 Å². The first-order valence-corrected chi connectivity index (χ1v) is 7.42. The normalized spacial score (nSPS) is 16.0. The highest BCUT2D eigenvalue weighted by molar-refractivity contribution is 7.11. The number of rotatable bonds is 4. The van der Waals surface area contributed by atoms with E-state index in [1.54, 1.807) is 11.3 Å². The second-order valence-electron chi connectivity index (χ2n) is 4.79. The van der Waals surface area contributed by atoms with Gasteiger partial charge in [-0.25, -0.2) is 4.98 Å². The molecule has 1 aliphatic rings. The minimum Gasteiger partial charge on any atom is -0.465 e. The van der Waals surface area contributed by atoms with E-state index >= 15 is 0 Å². The van der Waals surface area contributed by atoms with E-state index < -0.39 is 0 Å². The summed E-state index contributed by atoms with van der Waals surface area (Å²) in [6, 6.07) is 10.2. The van der Waals surface area contributed by atoms with E-state index in [0.717, 1.165) is 5.19 Å². The van der Waals surface area contributed by atoms with Crippen molar-refractivity contribution >= 4 is 11.3 Å². The average Bonchev–Trinajstić information content (AvgIpc) is 3.08. The molecule has 2 aromatic rings. The van der Waals surface area contributed by atoms with Gasteiger partial charge in [0.15, 0.2) is 0 Å². The van der Waals surface area contributed by atoms with Gasteiger partial charge < -0.3 is 4.74 Å². The standard InChI is InChI=1S/C15H17NOS/c1-2-6-12(7-3-1)10-17-15-16-14(11-18-15)13-8-4-5-9-13/h1-3,6-7,11,13H,4-5,8-10H2. The molecule has 0 radical (unpaired) electrons. The highest BCUT2D eigenvalue weighted by Gasteiger charge is 2.19. The van der Waals surface area contributed by atoms with Crippen LogP contribution in [0.25, 0.3) is 0 Å². The largest absolute Gasteiger partial charge is 0.465 e. The molecule has 0 N–H and O–H groups in total. The Labute approximate surface area is 112 Å². The van der Waals surface area contributed by atoms with Crippen LogP contribution in [-0.4, -0.2) is 4.98 Å². The third kappa shape index (κ3) is 2.72. The fourth-order valence-corrected chi connectivity index (χ4v) is 3.22. The van der Waals surface area contributed by atoms with Gasteiger partial charge in [0.25, 0.3) is 5.19 Å². The van der Waals surface area contributed by atoms with E-state index in [-0.39, 0.29) is 0 Å². The lowest BCUT2D eigenvalue weighted by Gasteiger charge is -2.04. The molecule has 18 heavy (non-hydrogen) atoms. The number of hydrogen-bond donors (Lipinski definition) is 0. The van der Waals surface area contributed by atoms with Gasteiger partial charge in [0.2, 0.25) is 0 Å². The van der Waals surface area contributed by atoms with E-state index in [1.807, 2.05) is 18.2 Å². The second-order valence-corrected chi connectivity index (χ2v) is 5.61. The van der Waals surface area contributed by atoms with E-state index in [1.165, 1.54) is 36.9 Å². The van der Waals surface area contributed by atoms with Crippen LogP contribution >= 0.6 is 11.3 Å². The lowest BCUT2D eigenvalue weighted by atomic mass is 10.1. The zero-order chi connectivity index (χ0) is 12.2. The number of thiazole rings is 1. The third-order valence-corrected chi connectivity index (χ3v) is 4.25. The van der Waals surface area contributed by atoms with Crippen molar-refractivity contribution in [1.29, 1.82) is 0 Å². The number of ether oxygens (including phenoxy) is 1. The predicted octanol–water partition coefficient (Wildman–Crippen LogP) is 4.38. The average molecular weight is 259 g/mol. The highest BCUT2D eigenvalue weighted by atomic mass is 32.1. The highest BCUT2D eigenvalue weighted by Crippen LogP contribution is 2.35. The fourth-order valence-electron chi connectivity index (χ4n) is 2.46. The van der Waals surface area contributed by atoms with Crippen LogP contribution < -0.4 is 4.74 Å². The maximum atomic E-state index is 5.74. The van der Waals surface area contributed by atoms with Crippen molar-refractivity contribution in [3.05, 3.63) is 47.0 Å². The van der Waals surface area contributed by atoms with Gasteiger partial charge >= 0.3 is 0 Å². The molecule has 0 amide bonds. The number of nitrogens with zero attached hydrogens (tertiary/aromatic N) is 1. The van der Waals surface area contributed by atoms with Gasteiger partial charge in [-0.1, -0.05) is 54.5 Å². The Hall–Kier alpha value is -1.35. The van der Waals surface area contributed by atoms with Crippen LogP contribution in [0.15, 0.2) is 35.7 Å². The Morgan fingerprint density at radius 3 is 2.72 bits per heavy atom. The topological polar surface area (TPSA) is 22.1 Å². The van der Waals surface area contributed by atoms with Gasteiger partial charge in [0.1, 0.15) is 6.61 Å². The quantitative estimate of drug-likeness (QED) is 0.813. The predicted molar refractivity (Wildman–Crippen MR) is 74.1 cm³/mol. The van der Waals surface area contributed by atoms with E-state index in [9.17, 15) is 0 Å². The van der Waals surface area contributed by atoms with E-state index in [4.69, 9.17) is 4.74 Å². The molecule has 0 saturated heterocycles. The Balaban J connectivity index is 1.60. The molecule has 0 unspecified atom stereocenters. The summed E-state index contributed by atoms with van der Waals surface area (Å²) in [6.45, 7) is 0.610. The van der Waals surface area contributed by atoms with Crippen molar-refractivity contribution in [1.82, 2.24) is 4.98 Å². The summed E-state index contributed by atoms with van der Waals surface area (Å²) in [7, 11) is 0. The smallest absolute Gasteiger partial charge is 0.273 e. The molecule has 1 fully saturated rings. The molecule has 0 atom stereocenters. The molecule has 1 aliphatic carbocycles. The molecule has 0 spiro atoms. The molecular formula is C15H17NOS. The Kier molecular flexibility index (Phi) is 3.60. The summed E-state index contributed by atoms with van der Waals surface area (Å²) in [4.78, 5) is 4.60. The monoisotopic (exact) mass is 259 g/mol. The molecule has 1 aromatic heterocycles. The zero-order valence-corrected chi connectivity index (χ0v) is 11.2. The molecule has 3 rings (SSSR count). The third-order valence-electron chi connectivity index (χ3n) is 3.48. The van der Waals surface area contributed by atoms with Crippen molar-refractivity contribution in [3.63, 3.8) is 0 Å². The van der Waals surface area contributed by atoms with Gasteiger partial charge in [0.05, 0.1) is 5.69 Å². The van der Waals surface area contributed by atoms with Gasteiger partial charge in [-0.2, -0.15) is 0 Å². The van der Waals surface area contributed by atoms with Crippen molar-refractivity contribution in [2.24, 2.45) is 0 Å². The SMILES string of the molecule is c1ccc(COc2nc(C3CCCC3)cs2)cc1. The first-order chi connectivity index (χ1) is 8.92. The molecule has 94 valence electrons. The van der Waals surface area contributed by atoms with E-state index in [2.05, 4.69) is 22.5 Å². The Bertz CT molecular complexity index is 488. The van der Waals surface area contributed by atoms with Gasteiger partial charge in [-0.05, 0) is 18.4 Å². The molecule has 1 saturated carbocycles. The van der Waals surface area contributed by atoms with Crippen LogP contribution in [0.2, 0.25) is 0 Å². The Morgan fingerprint density at radius 2 is 1.94 bits per heavy atom. The van der Waals surface area contributed by atoms with Crippen LogP contribution in [0, 0.1) is 0 Å². The minimum absolute atomic E-state index is 0.610. The van der Waals surface area contributed by atoms with Gasteiger partial charge in [-0.3, -0.25) is 0 Å². The molecule has 1 aromatic carbocycles. The fraction of sp³-hybridized carbons (Fsp3) is 0.400. The van der Waals surface area contributed by atoms with Gasteiger partial charge in [-0.15, -0.1) is 0 Å². The lowest BCUT2D eigenvalue weighted by molar-refractivity contribution is 0.303. The van der Waals surface area contributed by atoms with Crippen molar-refractivity contribution in [2.75, 3.05) is 0 Å². The number of aromatic nitrogens is 1.